The second kappa shape index (κ2) is 11.3. The van der Waals surface area contributed by atoms with Crippen LogP contribution >= 0.6 is 0 Å². The van der Waals surface area contributed by atoms with Crippen molar-refractivity contribution in [3.63, 3.8) is 0 Å². The lowest BCUT2D eigenvalue weighted by Crippen LogP contribution is -2.02. The van der Waals surface area contributed by atoms with E-state index in [2.05, 4.69) is 73.7 Å². The van der Waals surface area contributed by atoms with Crippen molar-refractivity contribution in [2.75, 3.05) is 5.32 Å². The monoisotopic (exact) mass is 535 g/mol. The highest BCUT2D eigenvalue weighted by atomic mass is 15.1. The molecular weight excluding hydrogens is 506 g/mol. The lowest BCUT2D eigenvalue weighted by atomic mass is 9.98. The van der Waals surface area contributed by atoms with Crippen LogP contribution in [-0.2, 0) is 6.42 Å². The van der Waals surface area contributed by atoms with Gasteiger partial charge < -0.3 is 10.3 Å². The Morgan fingerprint density at radius 2 is 1.80 bits per heavy atom. The first-order chi connectivity index (χ1) is 20.1. The fraction of sp³-hybridized carbons (Fsp3) is 0.0588. The van der Waals surface area contributed by atoms with E-state index in [-0.39, 0.29) is 0 Å². The van der Waals surface area contributed by atoms with E-state index in [0.717, 1.165) is 73.7 Å². The summed E-state index contributed by atoms with van der Waals surface area (Å²) in [6.45, 7) is 10.2. The van der Waals surface area contributed by atoms with Gasteiger partial charge in [0.05, 0.1) is 35.0 Å². The summed E-state index contributed by atoms with van der Waals surface area (Å²) >= 11 is 0. The molecule has 0 aliphatic heterocycles. The summed E-state index contributed by atoms with van der Waals surface area (Å²) in [5.41, 5.74) is 11.5. The van der Waals surface area contributed by atoms with Gasteiger partial charge in [-0.1, -0.05) is 55.6 Å². The van der Waals surface area contributed by atoms with Crippen molar-refractivity contribution < 1.29 is 0 Å². The lowest BCUT2D eigenvalue weighted by molar-refractivity contribution is 1.11. The summed E-state index contributed by atoms with van der Waals surface area (Å²) in [6, 6.07) is 20.5. The fourth-order valence-electron chi connectivity index (χ4n) is 4.98. The molecule has 0 unspecified atom stereocenters. The lowest BCUT2D eigenvalue weighted by Gasteiger charge is -2.11. The van der Waals surface area contributed by atoms with Crippen LogP contribution in [0.4, 0.5) is 5.69 Å². The van der Waals surface area contributed by atoms with Gasteiger partial charge in [-0.25, -0.2) is 0 Å². The van der Waals surface area contributed by atoms with Gasteiger partial charge in [0.15, 0.2) is 0 Å². The highest BCUT2D eigenvalue weighted by Gasteiger charge is 2.17. The second-order valence-electron chi connectivity index (χ2n) is 9.81. The number of benzene rings is 1. The van der Waals surface area contributed by atoms with Crippen LogP contribution in [0.25, 0.3) is 39.1 Å². The first-order valence-electron chi connectivity index (χ1n) is 13.3. The van der Waals surface area contributed by atoms with E-state index < -0.39 is 0 Å². The molecule has 0 aliphatic carbocycles. The zero-order valence-corrected chi connectivity index (χ0v) is 22.7. The molecular formula is C34H29N7. The van der Waals surface area contributed by atoms with Crippen LogP contribution in [0.5, 0.6) is 0 Å². The molecule has 0 radical (unpaired) electrons. The molecule has 0 amide bonds. The van der Waals surface area contributed by atoms with Gasteiger partial charge in [-0.2, -0.15) is 5.10 Å². The minimum absolute atomic E-state index is 0.732. The van der Waals surface area contributed by atoms with Crippen LogP contribution in [-0.4, -0.2) is 30.1 Å². The Balaban J connectivity index is 1.30. The molecule has 0 bridgehead atoms. The molecule has 5 heterocycles. The number of aromatic nitrogens is 6. The molecule has 0 saturated carbocycles. The Hall–Kier alpha value is -5.56. The molecule has 6 rings (SSSR count). The van der Waals surface area contributed by atoms with Crippen LogP contribution < -0.4 is 5.32 Å². The van der Waals surface area contributed by atoms with E-state index in [1.807, 2.05) is 60.9 Å². The van der Waals surface area contributed by atoms with Crippen LogP contribution in [0.3, 0.4) is 0 Å². The summed E-state index contributed by atoms with van der Waals surface area (Å²) in [5, 5.41) is 12.1. The summed E-state index contributed by atoms with van der Waals surface area (Å²) in [4.78, 5) is 16.8. The van der Waals surface area contributed by atoms with Gasteiger partial charge in [-0.3, -0.25) is 20.1 Å². The number of aromatic amines is 2. The molecule has 3 N–H and O–H groups in total. The third kappa shape index (κ3) is 5.46. The normalized spacial score (nSPS) is 11.5. The number of fused-ring (bicyclic) bond motifs is 1. The summed E-state index contributed by atoms with van der Waals surface area (Å²) < 4.78 is 0. The Bertz CT molecular complexity index is 1880. The van der Waals surface area contributed by atoms with E-state index in [1.54, 1.807) is 24.7 Å². The van der Waals surface area contributed by atoms with Gasteiger partial charge in [-0.05, 0) is 54.0 Å². The molecule has 0 saturated heterocycles. The van der Waals surface area contributed by atoms with E-state index in [1.165, 1.54) is 5.56 Å². The number of nitrogens with zero attached hydrogens (tertiary/aromatic N) is 4. The molecule has 200 valence electrons. The first-order valence-corrected chi connectivity index (χ1v) is 13.3. The maximum Gasteiger partial charge on any atom is 0.116 e. The van der Waals surface area contributed by atoms with Gasteiger partial charge in [0, 0.05) is 52.9 Å². The maximum atomic E-state index is 4.69. The number of allylic oxidation sites excluding steroid dienone is 3. The minimum Gasteiger partial charge on any atom is -0.358 e. The van der Waals surface area contributed by atoms with Crippen LogP contribution in [0.2, 0.25) is 0 Å². The number of anilines is 1. The SMILES string of the molecule is C=C/C=C(/c1ccncc1)c1cc(-c2n[nH]c3cnc(-c4cncc(NC(=C)Cc5ccccc5)c4)cc23)[nH]c1C. The first kappa shape index (κ1) is 25.7. The van der Waals surface area contributed by atoms with E-state index in [4.69, 9.17) is 0 Å². The van der Waals surface area contributed by atoms with Crippen molar-refractivity contribution in [1.82, 2.24) is 30.1 Å². The van der Waals surface area contributed by atoms with E-state index in [9.17, 15) is 0 Å². The van der Waals surface area contributed by atoms with Crippen molar-refractivity contribution in [2.45, 2.75) is 13.3 Å². The Morgan fingerprint density at radius 3 is 2.61 bits per heavy atom. The standard InChI is InChI=1S/C34H29N7/c1-4-8-28(25-11-13-35-14-12-25)29-17-32(39-23(29)3)34-30-18-31(37-21-33(30)40-41-34)26-16-27(20-36-19-26)38-22(2)15-24-9-6-5-7-10-24/h4-14,16-21,38-39H,1-2,15H2,3H3,(H,40,41)/b28-8-. The predicted octanol–water partition coefficient (Wildman–Crippen LogP) is 7.50. The van der Waals surface area contributed by atoms with Gasteiger partial charge in [0.1, 0.15) is 5.69 Å². The fourth-order valence-corrected chi connectivity index (χ4v) is 4.98. The quantitative estimate of drug-likeness (QED) is 0.167. The van der Waals surface area contributed by atoms with Crippen LogP contribution in [0.1, 0.15) is 22.4 Å². The minimum atomic E-state index is 0.732. The smallest absolute Gasteiger partial charge is 0.116 e. The third-order valence-corrected chi connectivity index (χ3v) is 6.90. The Labute approximate surface area is 238 Å². The Morgan fingerprint density at radius 1 is 0.976 bits per heavy atom. The second-order valence-corrected chi connectivity index (χ2v) is 9.81. The largest absolute Gasteiger partial charge is 0.358 e. The maximum absolute atomic E-state index is 4.69. The molecule has 0 fully saturated rings. The predicted molar refractivity (Wildman–Crippen MR) is 166 cm³/mol. The van der Waals surface area contributed by atoms with Crippen molar-refractivity contribution >= 4 is 22.2 Å². The summed E-state index contributed by atoms with van der Waals surface area (Å²) in [5.74, 6) is 0. The van der Waals surface area contributed by atoms with Crippen molar-refractivity contribution in [3.8, 4) is 22.6 Å². The molecule has 0 aliphatic rings. The number of H-pyrrole nitrogens is 2. The van der Waals surface area contributed by atoms with Crippen molar-refractivity contribution in [3.05, 3.63) is 145 Å². The number of pyridine rings is 3. The highest BCUT2D eigenvalue weighted by Crippen LogP contribution is 2.34. The number of aryl methyl sites for hydroxylation is 1. The molecule has 6 aromatic rings. The average Bonchev–Trinajstić information content (AvgIpc) is 3.59. The number of nitrogens with one attached hydrogen (secondary N) is 3. The molecule has 7 nitrogen and oxygen atoms in total. The topological polar surface area (TPSA) is 95.2 Å². The van der Waals surface area contributed by atoms with E-state index in [0.29, 0.717) is 0 Å². The van der Waals surface area contributed by atoms with Gasteiger partial charge in [0.2, 0.25) is 0 Å². The van der Waals surface area contributed by atoms with Crippen molar-refractivity contribution in [2.24, 2.45) is 0 Å². The summed E-state index contributed by atoms with van der Waals surface area (Å²) in [6.07, 6.45) is 13.6. The molecule has 7 heteroatoms. The molecule has 0 atom stereocenters. The highest BCUT2D eigenvalue weighted by molar-refractivity contribution is 5.95. The van der Waals surface area contributed by atoms with Crippen LogP contribution in [0, 0.1) is 6.92 Å². The van der Waals surface area contributed by atoms with Crippen LogP contribution in [0.15, 0.2) is 123 Å². The van der Waals surface area contributed by atoms with Gasteiger partial charge in [0.25, 0.3) is 0 Å². The van der Waals surface area contributed by atoms with Crippen molar-refractivity contribution in [1.29, 1.82) is 0 Å². The van der Waals surface area contributed by atoms with Gasteiger partial charge in [-0.15, -0.1) is 0 Å². The number of rotatable bonds is 9. The number of hydrogen-bond donors (Lipinski definition) is 3. The number of hydrogen-bond acceptors (Lipinski definition) is 5. The molecule has 5 aromatic heterocycles. The van der Waals surface area contributed by atoms with Gasteiger partial charge >= 0.3 is 0 Å². The third-order valence-electron chi connectivity index (χ3n) is 6.90. The zero-order chi connectivity index (χ0) is 28.2. The van der Waals surface area contributed by atoms with E-state index >= 15 is 0 Å². The zero-order valence-electron chi connectivity index (χ0n) is 22.7. The molecule has 0 spiro atoms. The molecule has 1 aromatic carbocycles. The Kier molecular flexibility index (Phi) is 7.07. The summed E-state index contributed by atoms with van der Waals surface area (Å²) in [7, 11) is 0. The average molecular weight is 536 g/mol. The molecule has 41 heavy (non-hydrogen) atoms.